The van der Waals surface area contributed by atoms with E-state index in [0.29, 0.717) is 24.8 Å². The van der Waals surface area contributed by atoms with Gasteiger partial charge in [0.1, 0.15) is 6.04 Å². The Morgan fingerprint density at radius 3 is 2.84 bits per heavy atom. The van der Waals surface area contributed by atoms with Crippen molar-refractivity contribution in [3.05, 3.63) is 29.3 Å². The third-order valence-electron chi connectivity index (χ3n) is 3.14. The molecule has 1 aromatic carbocycles. The highest BCUT2D eigenvalue weighted by Crippen LogP contribution is 2.22. The van der Waals surface area contributed by atoms with Gasteiger partial charge in [-0.15, -0.1) is 0 Å². The van der Waals surface area contributed by atoms with Crippen molar-refractivity contribution in [2.75, 3.05) is 25.1 Å². The molecule has 0 spiro atoms. The van der Waals surface area contributed by atoms with Crippen LogP contribution in [0.2, 0.25) is 5.02 Å². The fourth-order valence-corrected chi connectivity index (χ4v) is 2.27. The van der Waals surface area contributed by atoms with Crippen LogP contribution in [0.25, 0.3) is 0 Å². The second kappa shape index (κ2) is 6.78. The largest absolute Gasteiger partial charge is 0.464 e. The Morgan fingerprint density at radius 2 is 2.26 bits per heavy atom. The molecule has 2 atom stereocenters. The van der Waals surface area contributed by atoms with E-state index < -0.39 is 0 Å². The first-order chi connectivity index (χ1) is 9.20. The number of hydrogen-bond acceptors (Lipinski definition) is 4. The van der Waals surface area contributed by atoms with Gasteiger partial charge in [0, 0.05) is 23.2 Å². The predicted molar refractivity (Wildman–Crippen MR) is 74.4 cm³/mol. The first kappa shape index (κ1) is 14.2. The van der Waals surface area contributed by atoms with Crippen LogP contribution in [0.5, 0.6) is 0 Å². The molecule has 19 heavy (non-hydrogen) atoms. The number of ether oxygens (including phenoxy) is 2. The molecule has 2 unspecified atom stereocenters. The molecule has 0 aromatic heterocycles. The zero-order valence-corrected chi connectivity index (χ0v) is 11.7. The summed E-state index contributed by atoms with van der Waals surface area (Å²) in [5.41, 5.74) is 0.856. The third kappa shape index (κ3) is 3.85. The zero-order valence-electron chi connectivity index (χ0n) is 10.9. The molecule has 2 rings (SSSR count). The van der Waals surface area contributed by atoms with Crippen LogP contribution in [0.3, 0.4) is 0 Å². The number of esters is 1. The summed E-state index contributed by atoms with van der Waals surface area (Å²) in [5.74, 6) is -0.0809. The lowest BCUT2D eigenvalue weighted by Gasteiger charge is -2.23. The fraction of sp³-hybridized carbons (Fsp3) is 0.500. The van der Waals surface area contributed by atoms with Crippen LogP contribution < -0.4 is 5.32 Å². The van der Waals surface area contributed by atoms with Gasteiger partial charge in [0.05, 0.1) is 13.2 Å². The highest BCUT2D eigenvalue weighted by Gasteiger charge is 2.32. The minimum Gasteiger partial charge on any atom is -0.464 e. The Labute approximate surface area is 118 Å². The summed E-state index contributed by atoms with van der Waals surface area (Å²) >= 11 is 5.85. The second-order valence-electron chi connectivity index (χ2n) is 4.50. The van der Waals surface area contributed by atoms with Gasteiger partial charge in [-0.25, -0.2) is 4.79 Å². The molecule has 1 fully saturated rings. The van der Waals surface area contributed by atoms with Crippen molar-refractivity contribution in [2.24, 2.45) is 5.92 Å². The molecule has 4 nitrogen and oxygen atoms in total. The summed E-state index contributed by atoms with van der Waals surface area (Å²) in [6, 6.07) is 6.91. The number of benzene rings is 1. The van der Waals surface area contributed by atoms with Gasteiger partial charge in [0.15, 0.2) is 0 Å². The van der Waals surface area contributed by atoms with E-state index in [2.05, 4.69) is 5.32 Å². The average Bonchev–Trinajstić information content (AvgIpc) is 2.92. The first-order valence-corrected chi connectivity index (χ1v) is 6.85. The molecule has 0 aliphatic carbocycles. The van der Waals surface area contributed by atoms with Crippen molar-refractivity contribution in [1.82, 2.24) is 0 Å². The summed E-state index contributed by atoms with van der Waals surface area (Å²) in [6.07, 6.45) is 0.865. The van der Waals surface area contributed by atoms with Crippen molar-refractivity contribution in [2.45, 2.75) is 19.4 Å². The zero-order chi connectivity index (χ0) is 13.7. The summed E-state index contributed by atoms with van der Waals surface area (Å²) in [7, 11) is 0. The fourth-order valence-electron chi connectivity index (χ4n) is 2.14. The smallest absolute Gasteiger partial charge is 0.328 e. The number of halogens is 1. The third-order valence-corrected chi connectivity index (χ3v) is 3.40. The molecule has 0 radical (unpaired) electrons. The average molecular weight is 284 g/mol. The Balaban J connectivity index is 2.08. The normalized spacial score (nSPS) is 20.0. The van der Waals surface area contributed by atoms with Gasteiger partial charge in [0.25, 0.3) is 0 Å². The van der Waals surface area contributed by atoms with Crippen LogP contribution in [0, 0.1) is 5.92 Å². The number of nitrogens with one attached hydrogen (secondary N) is 1. The number of hydrogen-bond donors (Lipinski definition) is 1. The van der Waals surface area contributed by atoms with E-state index in [4.69, 9.17) is 21.1 Å². The maximum atomic E-state index is 12.0. The van der Waals surface area contributed by atoms with Crippen LogP contribution in [0.15, 0.2) is 24.3 Å². The van der Waals surface area contributed by atoms with Gasteiger partial charge in [-0.3, -0.25) is 0 Å². The lowest BCUT2D eigenvalue weighted by Crippen LogP contribution is -2.38. The molecule has 0 saturated carbocycles. The van der Waals surface area contributed by atoms with Crippen LogP contribution in [0.4, 0.5) is 5.69 Å². The van der Waals surface area contributed by atoms with Gasteiger partial charge in [-0.1, -0.05) is 11.6 Å². The van der Waals surface area contributed by atoms with E-state index in [1.54, 1.807) is 12.1 Å². The lowest BCUT2D eigenvalue weighted by molar-refractivity contribution is -0.145. The van der Waals surface area contributed by atoms with Crippen LogP contribution in [0.1, 0.15) is 13.3 Å². The number of carbonyl (C=O) groups is 1. The second-order valence-corrected chi connectivity index (χ2v) is 4.94. The van der Waals surface area contributed by atoms with E-state index in [0.717, 1.165) is 12.1 Å². The molecule has 0 amide bonds. The molecule has 0 bridgehead atoms. The molecule has 1 aliphatic heterocycles. The van der Waals surface area contributed by atoms with Crippen molar-refractivity contribution >= 4 is 23.3 Å². The molecule has 5 heteroatoms. The molecular formula is C14H18ClNO3. The Bertz CT molecular complexity index is 415. The van der Waals surface area contributed by atoms with E-state index in [1.165, 1.54) is 0 Å². The van der Waals surface area contributed by atoms with Gasteiger partial charge >= 0.3 is 5.97 Å². The Kier molecular flexibility index (Phi) is 5.05. The van der Waals surface area contributed by atoms with Crippen molar-refractivity contribution in [1.29, 1.82) is 0 Å². The monoisotopic (exact) mass is 283 g/mol. The molecule has 104 valence electrons. The Hall–Kier alpha value is -1.26. The van der Waals surface area contributed by atoms with Gasteiger partial charge in [-0.2, -0.15) is 0 Å². The lowest BCUT2D eigenvalue weighted by atomic mass is 9.98. The van der Waals surface area contributed by atoms with Gasteiger partial charge in [-0.05, 0) is 37.6 Å². The van der Waals surface area contributed by atoms with Crippen LogP contribution in [-0.4, -0.2) is 31.8 Å². The highest BCUT2D eigenvalue weighted by molar-refractivity contribution is 6.30. The minimum atomic E-state index is -0.372. The van der Waals surface area contributed by atoms with Gasteiger partial charge in [0.2, 0.25) is 0 Å². The highest BCUT2D eigenvalue weighted by atomic mass is 35.5. The molecule has 1 saturated heterocycles. The summed E-state index contributed by atoms with van der Waals surface area (Å²) in [5, 5.41) is 3.89. The molecule has 1 N–H and O–H groups in total. The predicted octanol–water partition coefficient (Wildman–Crippen LogP) is 2.72. The van der Waals surface area contributed by atoms with Crippen molar-refractivity contribution in [3.8, 4) is 0 Å². The van der Waals surface area contributed by atoms with E-state index in [-0.39, 0.29) is 17.9 Å². The molecule has 1 aliphatic rings. The van der Waals surface area contributed by atoms with Crippen molar-refractivity contribution in [3.63, 3.8) is 0 Å². The molecule has 1 aromatic rings. The Morgan fingerprint density at radius 1 is 1.53 bits per heavy atom. The summed E-state index contributed by atoms with van der Waals surface area (Å²) in [6.45, 7) is 3.47. The molecule has 1 heterocycles. The van der Waals surface area contributed by atoms with E-state index in [9.17, 15) is 4.79 Å². The minimum absolute atomic E-state index is 0.148. The summed E-state index contributed by atoms with van der Waals surface area (Å²) < 4.78 is 10.5. The van der Waals surface area contributed by atoms with Crippen molar-refractivity contribution < 1.29 is 14.3 Å². The maximum Gasteiger partial charge on any atom is 0.328 e. The number of anilines is 1. The van der Waals surface area contributed by atoms with Crippen LogP contribution >= 0.6 is 11.6 Å². The number of rotatable bonds is 5. The topological polar surface area (TPSA) is 47.6 Å². The standard InChI is InChI=1S/C14H18ClNO3/c1-2-19-14(17)13(10-7-8-18-9-10)16-12-5-3-11(15)4-6-12/h3-6,10,13,16H,2,7-9H2,1H3. The molecular weight excluding hydrogens is 266 g/mol. The number of carbonyl (C=O) groups excluding carboxylic acids is 1. The quantitative estimate of drug-likeness (QED) is 0.844. The van der Waals surface area contributed by atoms with Crippen LogP contribution in [-0.2, 0) is 14.3 Å². The van der Waals surface area contributed by atoms with E-state index in [1.807, 2.05) is 19.1 Å². The SMILES string of the molecule is CCOC(=O)C(Nc1ccc(Cl)cc1)C1CCOC1. The van der Waals surface area contributed by atoms with Gasteiger partial charge < -0.3 is 14.8 Å². The summed E-state index contributed by atoms with van der Waals surface area (Å²) in [4.78, 5) is 12.0. The maximum absolute atomic E-state index is 12.0. The first-order valence-electron chi connectivity index (χ1n) is 6.47. The van der Waals surface area contributed by atoms with E-state index >= 15 is 0 Å².